The van der Waals surface area contributed by atoms with Crippen molar-refractivity contribution in [2.75, 3.05) is 7.11 Å². The fourth-order valence-electron chi connectivity index (χ4n) is 2.58. The summed E-state index contributed by atoms with van der Waals surface area (Å²) in [6, 6.07) is 11.9. The molecule has 1 amide bonds. The van der Waals surface area contributed by atoms with E-state index in [1.54, 1.807) is 24.3 Å². The Balaban J connectivity index is 2.09. The standard InChI is InChI=1S/C21H24FNO4/c1-4-14(2)19(23-20(24)15-8-6-5-7-9-15)21(25)27-13-16-12-17(22)10-11-18(16)26-3/h5-12,14,19H,4,13H2,1-3H3,(H,23,24)/t14-,19-/m0/s1. The van der Waals surface area contributed by atoms with Crippen LogP contribution in [0.1, 0.15) is 36.2 Å². The fraction of sp³-hybridized carbons (Fsp3) is 0.333. The minimum absolute atomic E-state index is 0.125. The zero-order chi connectivity index (χ0) is 19.8. The Labute approximate surface area is 158 Å². The minimum Gasteiger partial charge on any atom is -0.496 e. The first-order chi connectivity index (χ1) is 13.0. The highest BCUT2D eigenvalue weighted by Crippen LogP contribution is 2.21. The number of carbonyl (C=O) groups excluding carboxylic acids is 2. The molecule has 0 heterocycles. The maximum atomic E-state index is 13.5. The third-order valence-corrected chi connectivity index (χ3v) is 4.40. The van der Waals surface area contributed by atoms with Crippen LogP contribution in [0.3, 0.4) is 0 Å². The number of benzene rings is 2. The molecule has 5 nitrogen and oxygen atoms in total. The average molecular weight is 373 g/mol. The molecule has 0 spiro atoms. The van der Waals surface area contributed by atoms with Gasteiger partial charge in [-0.3, -0.25) is 4.79 Å². The van der Waals surface area contributed by atoms with E-state index in [1.807, 2.05) is 19.9 Å². The van der Waals surface area contributed by atoms with Gasteiger partial charge < -0.3 is 14.8 Å². The molecule has 0 aliphatic carbocycles. The summed E-state index contributed by atoms with van der Waals surface area (Å²) in [5.74, 6) is -1.06. The first-order valence-electron chi connectivity index (χ1n) is 8.81. The van der Waals surface area contributed by atoms with Crippen molar-refractivity contribution >= 4 is 11.9 Å². The van der Waals surface area contributed by atoms with Crippen LogP contribution in [0.15, 0.2) is 48.5 Å². The summed E-state index contributed by atoms with van der Waals surface area (Å²) in [6.07, 6.45) is 0.679. The SMILES string of the molecule is CC[C@H](C)[C@H](NC(=O)c1ccccc1)C(=O)OCc1cc(F)ccc1OC. The van der Waals surface area contributed by atoms with Gasteiger partial charge in [-0.15, -0.1) is 0 Å². The van der Waals surface area contributed by atoms with Crippen molar-refractivity contribution in [1.29, 1.82) is 0 Å². The smallest absolute Gasteiger partial charge is 0.329 e. The number of carbonyl (C=O) groups is 2. The van der Waals surface area contributed by atoms with Crippen molar-refractivity contribution in [2.45, 2.75) is 32.9 Å². The molecule has 0 aliphatic rings. The van der Waals surface area contributed by atoms with Gasteiger partial charge in [0, 0.05) is 11.1 Å². The van der Waals surface area contributed by atoms with Gasteiger partial charge in [0.2, 0.25) is 0 Å². The van der Waals surface area contributed by atoms with Gasteiger partial charge in [-0.25, -0.2) is 9.18 Å². The maximum absolute atomic E-state index is 13.5. The van der Waals surface area contributed by atoms with E-state index in [-0.39, 0.29) is 18.4 Å². The Bertz CT molecular complexity index is 779. The Morgan fingerprint density at radius 1 is 1.15 bits per heavy atom. The molecular formula is C21H24FNO4. The van der Waals surface area contributed by atoms with E-state index >= 15 is 0 Å². The molecule has 1 N–H and O–H groups in total. The summed E-state index contributed by atoms with van der Waals surface area (Å²) >= 11 is 0. The molecule has 6 heteroatoms. The molecule has 0 aliphatic heterocycles. The van der Waals surface area contributed by atoms with Crippen molar-refractivity contribution < 1.29 is 23.5 Å². The zero-order valence-corrected chi connectivity index (χ0v) is 15.7. The van der Waals surface area contributed by atoms with E-state index in [9.17, 15) is 14.0 Å². The highest BCUT2D eigenvalue weighted by atomic mass is 19.1. The van der Waals surface area contributed by atoms with Crippen molar-refractivity contribution in [2.24, 2.45) is 5.92 Å². The van der Waals surface area contributed by atoms with Crippen molar-refractivity contribution in [3.63, 3.8) is 0 Å². The molecule has 2 atom stereocenters. The Morgan fingerprint density at radius 3 is 2.48 bits per heavy atom. The lowest BCUT2D eigenvalue weighted by Gasteiger charge is -2.23. The van der Waals surface area contributed by atoms with E-state index < -0.39 is 17.8 Å². The molecular weight excluding hydrogens is 349 g/mol. The molecule has 144 valence electrons. The quantitative estimate of drug-likeness (QED) is 0.716. The predicted molar refractivity (Wildman–Crippen MR) is 99.9 cm³/mol. The van der Waals surface area contributed by atoms with Gasteiger partial charge in [-0.05, 0) is 36.2 Å². The second kappa shape index (κ2) is 9.71. The summed E-state index contributed by atoms with van der Waals surface area (Å²) in [5, 5.41) is 2.74. The number of nitrogens with one attached hydrogen (secondary N) is 1. The first kappa shape index (κ1) is 20.4. The Morgan fingerprint density at radius 2 is 1.85 bits per heavy atom. The molecule has 0 saturated heterocycles. The molecule has 0 unspecified atom stereocenters. The lowest BCUT2D eigenvalue weighted by molar-refractivity contribution is -0.148. The molecule has 2 aromatic rings. The van der Waals surface area contributed by atoms with E-state index in [0.29, 0.717) is 23.3 Å². The third kappa shape index (κ3) is 5.54. The van der Waals surface area contributed by atoms with Gasteiger partial charge in [-0.2, -0.15) is 0 Å². The summed E-state index contributed by atoms with van der Waals surface area (Å²) in [5.41, 5.74) is 0.883. The lowest BCUT2D eigenvalue weighted by Crippen LogP contribution is -2.45. The monoisotopic (exact) mass is 373 g/mol. The lowest BCUT2D eigenvalue weighted by atomic mass is 9.98. The maximum Gasteiger partial charge on any atom is 0.329 e. The summed E-state index contributed by atoms with van der Waals surface area (Å²) in [7, 11) is 1.46. The topological polar surface area (TPSA) is 64.6 Å². The van der Waals surface area contributed by atoms with Gasteiger partial charge in [0.15, 0.2) is 0 Å². The number of esters is 1. The average Bonchev–Trinajstić information content (AvgIpc) is 2.70. The summed E-state index contributed by atoms with van der Waals surface area (Å²) < 4.78 is 24.0. The molecule has 0 bridgehead atoms. The molecule has 0 radical (unpaired) electrons. The van der Waals surface area contributed by atoms with E-state index in [4.69, 9.17) is 9.47 Å². The van der Waals surface area contributed by atoms with Crippen LogP contribution in [0.2, 0.25) is 0 Å². The van der Waals surface area contributed by atoms with E-state index in [1.165, 1.54) is 25.3 Å². The summed E-state index contributed by atoms with van der Waals surface area (Å²) in [6.45, 7) is 3.64. The largest absolute Gasteiger partial charge is 0.496 e. The molecule has 0 aromatic heterocycles. The van der Waals surface area contributed by atoms with Gasteiger partial charge >= 0.3 is 5.97 Å². The van der Waals surface area contributed by atoms with Gasteiger partial charge in [0.25, 0.3) is 5.91 Å². The summed E-state index contributed by atoms with van der Waals surface area (Å²) in [4.78, 5) is 25.0. The molecule has 0 saturated carbocycles. The van der Waals surface area contributed by atoms with Crippen molar-refractivity contribution in [3.8, 4) is 5.75 Å². The number of halogens is 1. The molecule has 2 aromatic carbocycles. The van der Waals surface area contributed by atoms with Crippen LogP contribution in [0, 0.1) is 11.7 Å². The molecule has 2 rings (SSSR count). The highest BCUT2D eigenvalue weighted by molar-refractivity contribution is 5.96. The minimum atomic E-state index is -0.803. The van der Waals surface area contributed by atoms with Gasteiger partial charge in [-0.1, -0.05) is 38.5 Å². The number of methoxy groups -OCH3 is 1. The van der Waals surface area contributed by atoms with Crippen molar-refractivity contribution in [3.05, 3.63) is 65.5 Å². The Kier molecular flexibility index (Phi) is 7.34. The zero-order valence-electron chi connectivity index (χ0n) is 15.7. The normalized spacial score (nSPS) is 12.7. The van der Waals surface area contributed by atoms with Gasteiger partial charge in [0.1, 0.15) is 24.2 Å². The number of rotatable bonds is 8. The fourth-order valence-corrected chi connectivity index (χ4v) is 2.58. The van der Waals surface area contributed by atoms with Crippen molar-refractivity contribution in [1.82, 2.24) is 5.32 Å². The van der Waals surface area contributed by atoms with Crippen LogP contribution in [0.5, 0.6) is 5.75 Å². The number of amides is 1. The number of hydrogen-bond donors (Lipinski definition) is 1. The van der Waals surface area contributed by atoms with Crippen LogP contribution in [0.4, 0.5) is 4.39 Å². The first-order valence-corrected chi connectivity index (χ1v) is 8.81. The van der Waals surface area contributed by atoms with E-state index in [2.05, 4.69) is 5.32 Å². The molecule has 27 heavy (non-hydrogen) atoms. The van der Waals surface area contributed by atoms with E-state index in [0.717, 1.165) is 0 Å². The number of hydrogen-bond acceptors (Lipinski definition) is 4. The third-order valence-electron chi connectivity index (χ3n) is 4.40. The van der Waals surface area contributed by atoms with Gasteiger partial charge in [0.05, 0.1) is 7.11 Å². The van der Waals surface area contributed by atoms with Crippen LogP contribution in [-0.2, 0) is 16.1 Å². The van der Waals surface area contributed by atoms with Crippen LogP contribution in [0.25, 0.3) is 0 Å². The second-order valence-corrected chi connectivity index (χ2v) is 6.27. The van der Waals surface area contributed by atoms with Crippen LogP contribution in [-0.4, -0.2) is 25.0 Å². The predicted octanol–water partition coefficient (Wildman–Crippen LogP) is 3.72. The second-order valence-electron chi connectivity index (χ2n) is 6.27. The Hall–Kier alpha value is -2.89. The van der Waals surface area contributed by atoms with Crippen LogP contribution >= 0.6 is 0 Å². The van der Waals surface area contributed by atoms with Crippen LogP contribution < -0.4 is 10.1 Å². The molecule has 0 fully saturated rings. The number of ether oxygens (including phenoxy) is 2. The highest BCUT2D eigenvalue weighted by Gasteiger charge is 2.28.